The Kier molecular flexibility index (Phi) is 2.40. The number of halogens is 1. The summed E-state index contributed by atoms with van der Waals surface area (Å²) in [6, 6.07) is 0. The number of rotatable bonds is 0. The van der Waals surface area contributed by atoms with Crippen LogP contribution in [-0.2, 0) is 0 Å². The van der Waals surface area contributed by atoms with Gasteiger partial charge in [0.05, 0.1) is 29.4 Å². The van der Waals surface area contributed by atoms with E-state index in [0.29, 0.717) is 5.17 Å². The molecular weight excluding hydrogens is 247 g/mol. The molecule has 0 unspecified atom stereocenters. The molecule has 9 heavy (non-hydrogen) atoms. The van der Waals surface area contributed by atoms with Crippen molar-refractivity contribution in [2.45, 2.75) is 6.92 Å². The lowest BCUT2D eigenvalue weighted by molar-refractivity contribution is 0.787. The van der Waals surface area contributed by atoms with Crippen LogP contribution in [0, 0.1) is 5.41 Å². The van der Waals surface area contributed by atoms with Crippen LogP contribution in [0.4, 0.5) is 0 Å². The van der Waals surface area contributed by atoms with E-state index in [9.17, 15) is 0 Å². The Morgan fingerprint density at radius 1 is 1.89 bits per heavy atom. The highest BCUT2D eigenvalue weighted by atomic mass is 127. The van der Waals surface area contributed by atoms with Crippen LogP contribution in [0.2, 0.25) is 0 Å². The fraction of sp³-hybridized carbons (Fsp3) is 0.400. The van der Waals surface area contributed by atoms with Gasteiger partial charge in [-0.05, 0) is 17.9 Å². The van der Waals surface area contributed by atoms with Crippen molar-refractivity contribution < 1.29 is 0 Å². The smallest absolute Gasteiger partial charge is 0.169 e. The van der Waals surface area contributed by atoms with E-state index in [0.717, 1.165) is 6.54 Å². The number of hydrogen-bond acceptors (Lipinski definition) is 2. The Balaban J connectivity index is 2.65. The van der Waals surface area contributed by atoms with Gasteiger partial charge in [-0.3, -0.25) is 8.52 Å². The van der Waals surface area contributed by atoms with Crippen LogP contribution in [0.15, 0.2) is 11.0 Å². The van der Waals surface area contributed by atoms with E-state index in [-0.39, 0.29) is 0 Å². The molecule has 0 aliphatic carbocycles. The Morgan fingerprint density at radius 2 is 2.56 bits per heavy atom. The second-order valence-electron chi connectivity index (χ2n) is 1.91. The predicted octanol–water partition coefficient (Wildman–Crippen LogP) is 2.22. The monoisotopic (exact) mass is 254 g/mol. The summed E-state index contributed by atoms with van der Waals surface area (Å²) in [5, 5.41) is 9.97. The summed E-state index contributed by atoms with van der Waals surface area (Å²) >= 11 is 3.62. The van der Waals surface area contributed by atoms with Crippen LogP contribution in [0.25, 0.3) is 0 Å². The molecule has 0 saturated carbocycles. The van der Waals surface area contributed by atoms with Gasteiger partial charge < -0.3 is 0 Å². The van der Waals surface area contributed by atoms with Crippen molar-refractivity contribution >= 4 is 39.8 Å². The number of nitrogens with one attached hydrogen (secondary N) is 1. The zero-order valence-corrected chi connectivity index (χ0v) is 7.99. The molecule has 1 rings (SSSR count). The summed E-state index contributed by atoms with van der Waals surface area (Å²) in [5.41, 5.74) is 1.32. The zero-order valence-electron chi connectivity index (χ0n) is 5.02. The minimum atomic E-state index is 0.626. The molecular formula is C5H7IN2S. The largest absolute Gasteiger partial charge is 0.290 e. The van der Waals surface area contributed by atoms with Gasteiger partial charge in [0, 0.05) is 0 Å². The van der Waals surface area contributed by atoms with Gasteiger partial charge in [-0.2, -0.15) is 0 Å². The molecule has 0 aromatic heterocycles. The minimum Gasteiger partial charge on any atom is -0.290 e. The van der Waals surface area contributed by atoms with Crippen LogP contribution >= 0.6 is 34.6 Å². The second-order valence-corrected chi connectivity index (χ2v) is 3.93. The highest BCUT2D eigenvalue weighted by Crippen LogP contribution is 2.21. The third-order valence-electron chi connectivity index (χ3n) is 0.980. The average Bonchev–Trinajstić information content (AvgIpc) is 1.80. The Hall–Kier alpha value is 0.290. The number of thioether (sulfide) groups is 1. The van der Waals surface area contributed by atoms with E-state index in [2.05, 4.69) is 29.8 Å². The maximum absolute atomic E-state index is 7.32. The topological polar surface area (TPSA) is 27.1 Å². The first-order valence-electron chi connectivity index (χ1n) is 2.54. The number of hydrogen-bond donors (Lipinski definition) is 1. The van der Waals surface area contributed by atoms with Crippen LogP contribution in [0.3, 0.4) is 0 Å². The van der Waals surface area contributed by atoms with E-state index in [1.54, 1.807) is 0 Å². The van der Waals surface area contributed by atoms with Crippen molar-refractivity contribution in [3.8, 4) is 0 Å². The summed E-state index contributed by atoms with van der Waals surface area (Å²) in [4.78, 5) is 0. The summed E-state index contributed by atoms with van der Waals surface area (Å²) in [7, 11) is 0. The van der Waals surface area contributed by atoms with Gasteiger partial charge in [0.1, 0.15) is 0 Å². The second kappa shape index (κ2) is 2.92. The lowest BCUT2D eigenvalue weighted by atomic mass is 10.3. The molecule has 0 amide bonds. The Bertz CT molecular complexity index is 166. The van der Waals surface area contributed by atoms with Gasteiger partial charge in [-0.25, -0.2) is 0 Å². The van der Waals surface area contributed by atoms with Crippen LogP contribution in [-0.4, -0.2) is 14.8 Å². The van der Waals surface area contributed by atoms with Gasteiger partial charge in [0.25, 0.3) is 0 Å². The summed E-state index contributed by atoms with van der Waals surface area (Å²) in [5.74, 6) is 0. The quantitative estimate of drug-likeness (QED) is 0.530. The van der Waals surface area contributed by atoms with Crippen molar-refractivity contribution in [3.05, 3.63) is 11.0 Å². The van der Waals surface area contributed by atoms with Crippen LogP contribution in [0.1, 0.15) is 6.92 Å². The highest BCUT2D eigenvalue weighted by Gasteiger charge is 2.10. The molecule has 0 atom stereocenters. The molecule has 50 valence electrons. The van der Waals surface area contributed by atoms with Crippen molar-refractivity contribution in [1.29, 1.82) is 5.41 Å². The molecule has 1 aliphatic heterocycles. The fourth-order valence-corrected chi connectivity index (χ4v) is 1.99. The normalized spacial score (nSPS) is 20.0. The molecule has 0 saturated heterocycles. The van der Waals surface area contributed by atoms with Gasteiger partial charge in [0.2, 0.25) is 0 Å². The van der Waals surface area contributed by atoms with E-state index in [4.69, 9.17) is 5.41 Å². The lowest BCUT2D eigenvalue weighted by Crippen LogP contribution is -2.21. The standard InChI is InChI=1S/C5H7IN2S/c1-4-2-8(6)5(7)9-3-4/h3,7H,2H2,1H3. The SMILES string of the molecule is CC1=CSC(=N)N(I)C1. The molecule has 2 nitrogen and oxygen atoms in total. The average molecular weight is 254 g/mol. The predicted molar refractivity (Wildman–Crippen MR) is 49.8 cm³/mol. The van der Waals surface area contributed by atoms with Crippen molar-refractivity contribution in [1.82, 2.24) is 3.11 Å². The molecule has 0 spiro atoms. The molecule has 0 aromatic rings. The summed E-state index contributed by atoms with van der Waals surface area (Å²) in [6.07, 6.45) is 0. The number of nitrogens with zero attached hydrogens (tertiary/aromatic N) is 1. The van der Waals surface area contributed by atoms with Crippen molar-refractivity contribution in [2.24, 2.45) is 0 Å². The zero-order chi connectivity index (χ0) is 6.85. The molecule has 0 aromatic carbocycles. The molecule has 4 heteroatoms. The molecule has 0 fully saturated rings. The molecule has 1 heterocycles. The first-order chi connectivity index (χ1) is 4.20. The molecule has 0 bridgehead atoms. The third-order valence-corrected chi connectivity index (χ3v) is 3.10. The molecule has 1 N–H and O–H groups in total. The fourth-order valence-electron chi connectivity index (χ4n) is 0.542. The lowest BCUT2D eigenvalue weighted by Gasteiger charge is -2.20. The van der Waals surface area contributed by atoms with Gasteiger partial charge in [-0.1, -0.05) is 11.8 Å². The third kappa shape index (κ3) is 1.86. The van der Waals surface area contributed by atoms with Crippen LogP contribution < -0.4 is 0 Å². The van der Waals surface area contributed by atoms with Crippen LogP contribution in [0.5, 0.6) is 0 Å². The Morgan fingerprint density at radius 3 is 3.00 bits per heavy atom. The van der Waals surface area contributed by atoms with Gasteiger partial charge in [0.15, 0.2) is 5.17 Å². The highest BCUT2D eigenvalue weighted by molar-refractivity contribution is 14.1. The maximum Gasteiger partial charge on any atom is 0.169 e. The molecule has 0 radical (unpaired) electrons. The summed E-state index contributed by atoms with van der Waals surface area (Å²) < 4.78 is 1.90. The van der Waals surface area contributed by atoms with Gasteiger partial charge >= 0.3 is 0 Å². The van der Waals surface area contributed by atoms with Gasteiger partial charge in [-0.15, -0.1) is 0 Å². The number of amidine groups is 1. The van der Waals surface area contributed by atoms with E-state index in [1.165, 1.54) is 17.3 Å². The maximum atomic E-state index is 7.32. The van der Waals surface area contributed by atoms with Crippen molar-refractivity contribution in [2.75, 3.05) is 6.54 Å². The van der Waals surface area contributed by atoms with E-state index < -0.39 is 0 Å². The Labute approximate surface area is 72.7 Å². The van der Waals surface area contributed by atoms with E-state index in [1.807, 2.05) is 8.52 Å². The first-order valence-corrected chi connectivity index (χ1v) is 4.39. The molecule has 1 aliphatic rings. The summed E-state index contributed by atoms with van der Waals surface area (Å²) in [6.45, 7) is 2.97. The van der Waals surface area contributed by atoms with E-state index >= 15 is 0 Å². The first kappa shape index (κ1) is 7.40. The minimum absolute atomic E-state index is 0.626. The van der Waals surface area contributed by atoms with Crippen molar-refractivity contribution in [3.63, 3.8) is 0 Å².